The summed E-state index contributed by atoms with van der Waals surface area (Å²) in [6.45, 7) is 3.15. The van der Waals surface area contributed by atoms with Crippen molar-refractivity contribution in [3.63, 3.8) is 0 Å². The Balaban J connectivity index is 2.50. The van der Waals surface area contributed by atoms with E-state index in [0.717, 1.165) is 12.8 Å². The van der Waals surface area contributed by atoms with Gasteiger partial charge in [0.2, 0.25) is 0 Å². The van der Waals surface area contributed by atoms with Crippen molar-refractivity contribution in [2.45, 2.75) is 52.0 Å². The van der Waals surface area contributed by atoms with Crippen molar-refractivity contribution in [3.8, 4) is 0 Å². The van der Waals surface area contributed by atoms with Crippen LogP contribution in [0.25, 0.3) is 0 Å². The van der Waals surface area contributed by atoms with Crippen LogP contribution < -0.4 is 5.32 Å². The van der Waals surface area contributed by atoms with E-state index in [4.69, 9.17) is 0 Å². The van der Waals surface area contributed by atoms with E-state index in [2.05, 4.69) is 5.32 Å². The molecule has 1 saturated carbocycles. The van der Waals surface area contributed by atoms with Gasteiger partial charge < -0.3 is 5.32 Å². The molecule has 0 bridgehead atoms. The van der Waals surface area contributed by atoms with E-state index >= 15 is 0 Å². The first kappa shape index (κ1) is 12.0. The zero-order chi connectivity index (χ0) is 11.3. The number of Topliss-reactive ketones (excluding diaryl/α,β-unsaturated/α-hetero) is 1. The minimum atomic E-state index is -0.211. The molecule has 15 heavy (non-hydrogen) atoms. The number of rotatable bonds is 3. The van der Waals surface area contributed by atoms with Gasteiger partial charge in [-0.3, -0.25) is 9.59 Å². The molecule has 1 rings (SSSR count). The smallest absolute Gasteiger partial charge is 0.254 e. The summed E-state index contributed by atoms with van der Waals surface area (Å²) in [6.07, 6.45) is 7.28. The second kappa shape index (κ2) is 5.69. The molecule has 0 aromatic carbocycles. The first-order valence-corrected chi connectivity index (χ1v) is 5.63. The number of ketones is 1. The lowest BCUT2D eigenvalue weighted by atomic mass is 9.95. The normalized spacial score (nSPS) is 18.7. The van der Waals surface area contributed by atoms with Crippen LogP contribution in [0.5, 0.6) is 0 Å². The number of carbonyl (C=O) groups excluding carboxylic acids is 2. The van der Waals surface area contributed by atoms with Gasteiger partial charge in [-0.2, -0.15) is 0 Å². The SMILES string of the molecule is C/C=C(\C(C)=O)C(=O)NC1CCCCC1. The Labute approximate surface area is 90.9 Å². The fourth-order valence-corrected chi connectivity index (χ4v) is 2.00. The monoisotopic (exact) mass is 209 g/mol. The van der Waals surface area contributed by atoms with Gasteiger partial charge in [0, 0.05) is 6.04 Å². The van der Waals surface area contributed by atoms with Crippen LogP contribution in [0.1, 0.15) is 46.0 Å². The lowest BCUT2D eigenvalue weighted by Gasteiger charge is -2.22. The first-order valence-electron chi connectivity index (χ1n) is 5.63. The van der Waals surface area contributed by atoms with E-state index in [0.29, 0.717) is 0 Å². The molecule has 0 saturated heterocycles. The van der Waals surface area contributed by atoms with E-state index in [1.54, 1.807) is 13.0 Å². The Kier molecular flexibility index (Phi) is 4.53. The third-order valence-electron chi connectivity index (χ3n) is 2.85. The third kappa shape index (κ3) is 3.50. The second-order valence-electron chi connectivity index (χ2n) is 4.07. The second-order valence-corrected chi connectivity index (χ2v) is 4.07. The van der Waals surface area contributed by atoms with Crippen molar-refractivity contribution in [3.05, 3.63) is 11.6 Å². The Morgan fingerprint density at radius 2 is 1.80 bits per heavy atom. The minimum absolute atomic E-state index is 0.161. The molecule has 1 aliphatic carbocycles. The predicted molar refractivity (Wildman–Crippen MR) is 59.5 cm³/mol. The van der Waals surface area contributed by atoms with Crippen LogP contribution in [-0.4, -0.2) is 17.7 Å². The molecule has 0 spiro atoms. The molecular weight excluding hydrogens is 190 g/mol. The summed E-state index contributed by atoms with van der Waals surface area (Å²) < 4.78 is 0. The molecular formula is C12H19NO2. The molecule has 84 valence electrons. The molecule has 1 fully saturated rings. The highest BCUT2D eigenvalue weighted by Gasteiger charge is 2.19. The van der Waals surface area contributed by atoms with Gasteiger partial charge in [-0.15, -0.1) is 0 Å². The standard InChI is InChI=1S/C12H19NO2/c1-3-11(9(2)14)12(15)13-10-7-5-4-6-8-10/h3,10H,4-8H2,1-2H3,(H,13,15)/b11-3+. The Bertz CT molecular complexity index is 275. The summed E-state index contributed by atoms with van der Waals surface area (Å²) in [7, 11) is 0. The maximum absolute atomic E-state index is 11.7. The molecule has 0 aromatic heterocycles. The molecule has 0 aliphatic heterocycles. The van der Waals surface area contributed by atoms with Crippen LogP contribution in [0.3, 0.4) is 0 Å². The van der Waals surface area contributed by atoms with Crippen LogP contribution in [0.15, 0.2) is 11.6 Å². The molecule has 1 aliphatic rings. The number of amides is 1. The molecule has 0 radical (unpaired) electrons. The molecule has 1 amide bonds. The molecule has 3 nitrogen and oxygen atoms in total. The first-order chi connectivity index (χ1) is 7.15. The Hall–Kier alpha value is -1.12. The molecule has 0 unspecified atom stereocenters. The number of hydrogen-bond acceptors (Lipinski definition) is 2. The fraction of sp³-hybridized carbons (Fsp3) is 0.667. The maximum Gasteiger partial charge on any atom is 0.254 e. The topological polar surface area (TPSA) is 46.2 Å². The maximum atomic E-state index is 11.7. The lowest BCUT2D eigenvalue weighted by Crippen LogP contribution is -2.38. The van der Waals surface area contributed by atoms with Gasteiger partial charge in [0.1, 0.15) is 0 Å². The Morgan fingerprint density at radius 3 is 2.27 bits per heavy atom. The van der Waals surface area contributed by atoms with Crippen LogP contribution in [0.2, 0.25) is 0 Å². The van der Waals surface area contributed by atoms with Gasteiger partial charge in [-0.05, 0) is 26.7 Å². The highest BCUT2D eigenvalue weighted by molar-refractivity contribution is 6.18. The fourth-order valence-electron chi connectivity index (χ4n) is 2.00. The quantitative estimate of drug-likeness (QED) is 0.439. The average Bonchev–Trinajstić information content (AvgIpc) is 2.19. The van der Waals surface area contributed by atoms with Gasteiger partial charge in [0.15, 0.2) is 5.78 Å². The summed E-state index contributed by atoms with van der Waals surface area (Å²) in [5.41, 5.74) is 0.278. The summed E-state index contributed by atoms with van der Waals surface area (Å²) in [6, 6.07) is 0.264. The number of carbonyl (C=O) groups is 2. The van der Waals surface area contributed by atoms with Crippen molar-refractivity contribution in [2.75, 3.05) is 0 Å². The molecule has 0 atom stereocenters. The van der Waals surface area contributed by atoms with Crippen molar-refractivity contribution in [2.24, 2.45) is 0 Å². The van der Waals surface area contributed by atoms with Crippen molar-refractivity contribution in [1.29, 1.82) is 0 Å². The van der Waals surface area contributed by atoms with Crippen LogP contribution >= 0.6 is 0 Å². The summed E-state index contributed by atoms with van der Waals surface area (Å²) >= 11 is 0. The highest BCUT2D eigenvalue weighted by atomic mass is 16.2. The van der Waals surface area contributed by atoms with Crippen molar-refractivity contribution < 1.29 is 9.59 Å². The molecule has 3 heteroatoms. The zero-order valence-electron chi connectivity index (χ0n) is 9.51. The lowest BCUT2D eigenvalue weighted by molar-refractivity contribution is -0.122. The zero-order valence-corrected chi connectivity index (χ0v) is 9.51. The highest BCUT2D eigenvalue weighted by Crippen LogP contribution is 2.17. The van der Waals surface area contributed by atoms with Crippen molar-refractivity contribution in [1.82, 2.24) is 5.32 Å². The van der Waals surface area contributed by atoms with Gasteiger partial charge in [-0.25, -0.2) is 0 Å². The third-order valence-corrected chi connectivity index (χ3v) is 2.85. The van der Waals surface area contributed by atoms with Crippen LogP contribution in [0, 0.1) is 0 Å². The predicted octanol–water partition coefficient (Wildman–Crippen LogP) is 1.97. The number of nitrogens with one attached hydrogen (secondary N) is 1. The largest absolute Gasteiger partial charge is 0.349 e. The van der Waals surface area contributed by atoms with E-state index < -0.39 is 0 Å². The van der Waals surface area contributed by atoms with E-state index in [9.17, 15) is 9.59 Å². The average molecular weight is 209 g/mol. The van der Waals surface area contributed by atoms with Gasteiger partial charge in [-0.1, -0.05) is 25.3 Å². The molecule has 1 N–H and O–H groups in total. The number of allylic oxidation sites excluding steroid dienone is 1. The van der Waals surface area contributed by atoms with Crippen LogP contribution in [-0.2, 0) is 9.59 Å². The van der Waals surface area contributed by atoms with E-state index in [1.807, 2.05) is 0 Å². The summed E-state index contributed by atoms with van der Waals surface area (Å²) in [4.78, 5) is 22.8. The summed E-state index contributed by atoms with van der Waals surface area (Å²) in [5.74, 6) is -0.372. The van der Waals surface area contributed by atoms with E-state index in [-0.39, 0.29) is 23.3 Å². The molecule has 0 heterocycles. The summed E-state index contributed by atoms with van der Waals surface area (Å²) in [5, 5.41) is 2.92. The van der Waals surface area contributed by atoms with Crippen molar-refractivity contribution >= 4 is 11.7 Å². The Morgan fingerprint density at radius 1 is 1.20 bits per heavy atom. The molecule has 0 aromatic rings. The van der Waals surface area contributed by atoms with Crippen LogP contribution in [0.4, 0.5) is 0 Å². The van der Waals surface area contributed by atoms with E-state index in [1.165, 1.54) is 26.2 Å². The van der Waals surface area contributed by atoms with Gasteiger partial charge >= 0.3 is 0 Å². The number of hydrogen-bond donors (Lipinski definition) is 1. The minimum Gasteiger partial charge on any atom is -0.349 e. The van der Waals surface area contributed by atoms with Gasteiger partial charge in [0.05, 0.1) is 5.57 Å². The van der Waals surface area contributed by atoms with Gasteiger partial charge in [0.25, 0.3) is 5.91 Å².